The van der Waals surface area contributed by atoms with E-state index in [-0.39, 0.29) is 0 Å². The zero-order valence-corrected chi connectivity index (χ0v) is 7.73. The second-order valence-electron chi connectivity index (χ2n) is 1.01. The van der Waals surface area contributed by atoms with Gasteiger partial charge in [0.25, 0.3) is 0 Å². The van der Waals surface area contributed by atoms with Crippen LogP contribution < -0.4 is 0 Å². The molecule has 28 valence electrons. The van der Waals surface area contributed by atoms with Crippen LogP contribution in [0.5, 0.6) is 0 Å². The summed E-state index contributed by atoms with van der Waals surface area (Å²) in [7, 11) is 0. The molecule has 0 spiro atoms. The average molecular weight is 308 g/mol. The van der Waals surface area contributed by atoms with Gasteiger partial charge in [0.15, 0.2) is 0 Å². The predicted octanol–water partition coefficient (Wildman–Crippen LogP) is 1.95. The fourth-order valence-corrected chi connectivity index (χ4v) is 3.80. The molecule has 0 N–H and O–H groups in total. The topological polar surface area (TPSA) is 0 Å². The van der Waals surface area contributed by atoms with Crippen molar-refractivity contribution >= 4 is 46.7 Å². The number of halogens is 2. The molecule has 0 aromatic heterocycles. The molecule has 0 aliphatic carbocycles. The molecule has 3 heteroatoms. The van der Waals surface area contributed by atoms with E-state index in [0.717, 1.165) is 0 Å². The standard InChI is InChI=1S/C2H2I2Si/c3-5(4)1-2-5/h1-2H. The van der Waals surface area contributed by atoms with Gasteiger partial charge in [-0.05, 0) is 0 Å². The summed E-state index contributed by atoms with van der Waals surface area (Å²) in [6, 6.07) is 0. The first kappa shape index (κ1) is 4.57. The Balaban J connectivity index is 2.47. The minimum absolute atomic E-state index is 0.671. The molecule has 0 amide bonds. The highest BCUT2D eigenvalue weighted by molar-refractivity contribution is 14.3. The van der Waals surface area contributed by atoms with Gasteiger partial charge in [-0.15, -0.1) is 0 Å². The lowest BCUT2D eigenvalue weighted by Crippen LogP contribution is -1.85. The van der Waals surface area contributed by atoms with Crippen LogP contribution in [-0.4, -0.2) is 3.07 Å². The third-order valence-corrected chi connectivity index (χ3v) is 5.57. The molecule has 0 radical (unpaired) electrons. The Morgan fingerprint density at radius 3 is 1.40 bits per heavy atom. The van der Waals surface area contributed by atoms with E-state index in [0.29, 0.717) is 0 Å². The van der Waals surface area contributed by atoms with Crippen LogP contribution >= 0.6 is 43.6 Å². The van der Waals surface area contributed by atoms with Crippen molar-refractivity contribution in [1.29, 1.82) is 0 Å². The van der Waals surface area contributed by atoms with Gasteiger partial charge in [0.05, 0.1) is 0 Å². The maximum atomic E-state index is 2.50. The van der Waals surface area contributed by atoms with Crippen LogP contribution in [0.4, 0.5) is 0 Å². The molecule has 0 atom stereocenters. The van der Waals surface area contributed by atoms with Crippen molar-refractivity contribution in [3.05, 3.63) is 11.4 Å². The third kappa shape index (κ3) is 1.54. The summed E-state index contributed by atoms with van der Waals surface area (Å²) in [4.78, 5) is 0. The van der Waals surface area contributed by atoms with Crippen LogP contribution in [0.1, 0.15) is 0 Å². The summed E-state index contributed by atoms with van der Waals surface area (Å²) in [6.45, 7) is 0. The van der Waals surface area contributed by atoms with Crippen molar-refractivity contribution < 1.29 is 0 Å². The molecule has 0 nitrogen and oxygen atoms in total. The lowest BCUT2D eigenvalue weighted by atomic mass is 11.3. The monoisotopic (exact) mass is 308 g/mol. The van der Waals surface area contributed by atoms with Crippen LogP contribution in [0.3, 0.4) is 0 Å². The summed E-state index contributed by atoms with van der Waals surface area (Å²) in [5, 5.41) is 0. The molecule has 0 aromatic rings. The quantitative estimate of drug-likeness (QED) is 0.364. The molecule has 0 bridgehead atoms. The highest BCUT2D eigenvalue weighted by Crippen LogP contribution is 2.34. The molecule has 1 aliphatic rings. The van der Waals surface area contributed by atoms with Crippen LogP contribution in [0.15, 0.2) is 11.4 Å². The van der Waals surface area contributed by atoms with E-state index in [9.17, 15) is 0 Å². The Labute approximate surface area is 57.5 Å². The average Bonchev–Trinajstić information content (AvgIpc) is 1.76. The Bertz CT molecular complexity index is 67.7. The molecule has 1 aliphatic heterocycles. The number of hydrogen-bond donors (Lipinski definition) is 0. The molecule has 5 heavy (non-hydrogen) atoms. The van der Waals surface area contributed by atoms with Crippen LogP contribution in [0.2, 0.25) is 0 Å². The first-order valence-corrected chi connectivity index (χ1v) is 9.67. The number of hydrogen-bond acceptors (Lipinski definition) is 0. The lowest BCUT2D eigenvalue weighted by Gasteiger charge is -1.78. The highest BCUT2D eigenvalue weighted by atomic mass is 127. The van der Waals surface area contributed by atoms with Gasteiger partial charge in [-0.25, -0.2) is 0 Å². The summed E-state index contributed by atoms with van der Waals surface area (Å²) < 4.78 is -0.671. The SMILES string of the molecule is I[Si]1(I)C=C1. The third-order valence-electron chi connectivity index (χ3n) is 0.419. The highest BCUT2D eigenvalue weighted by Gasteiger charge is 2.29. The fourth-order valence-electron chi connectivity index (χ4n) is 0.0630. The van der Waals surface area contributed by atoms with Crippen LogP contribution in [-0.2, 0) is 0 Å². The second kappa shape index (κ2) is 1.19. The zero-order valence-electron chi connectivity index (χ0n) is 2.41. The fraction of sp³-hybridized carbons (Fsp3) is 0. The van der Waals surface area contributed by atoms with Crippen molar-refractivity contribution in [3.63, 3.8) is 0 Å². The van der Waals surface area contributed by atoms with Crippen molar-refractivity contribution in [3.8, 4) is 0 Å². The Hall–Kier alpha value is 1.42. The maximum absolute atomic E-state index is 2.50. The molecule has 0 saturated carbocycles. The van der Waals surface area contributed by atoms with E-state index < -0.39 is 3.07 Å². The summed E-state index contributed by atoms with van der Waals surface area (Å²) >= 11 is 5.01. The molecule has 0 saturated heterocycles. The van der Waals surface area contributed by atoms with Crippen molar-refractivity contribution in [2.24, 2.45) is 0 Å². The van der Waals surface area contributed by atoms with Gasteiger partial charge in [-0.3, -0.25) is 0 Å². The lowest BCUT2D eigenvalue weighted by molar-refractivity contribution is 2.81. The van der Waals surface area contributed by atoms with Gasteiger partial charge in [-0.2, -0.15) is 0 Å². The van der Waals surface area contributed by atoms with Crippen LogP contribution in [0, 0.1) is 0 Å². The van der Waals surface area contributed by atoms with Gasteiger partial charge < -0.3 is 0 Å². The molecule has 0 fully saturated rings. The summed E-state index contributed by atoms with van der Waals surface area (Å²) in [5.74, 6) is 0. The smallest absolute Gasteiger partial charge is 0.0936 e. The van der Waals surface area contributed by atoms with E-state index in [1.54, 1.807) is 0 Å². The Morgan fingerprint density at radius 2 is 1.40 bits per heavy atom. The van der Waals surface area contributed by atoms with Crippen molar-refractivity contribution in [1.82, 2.24) is 0 Å². The summed E-state index contributed by atoms with van der Waals surface area (Å²) in [6.07, 6.45) is 0. The minimum atomic E-state index is -0.671. The van der Waals surface area contributed by atoms with Gasteiger partial charge in [0.2, 0.25) is 3.07 Å². The summed E-state index contributed by atoms with van der Waals surface area (Å²) in [5.41, 5.74) is 4.60. The second-order valence-corrected chi connectivity index (χ2v) is 19.9. The molecule has 0 unspecified atom stereocenters. The largest absolute Gasteiger partial charge is 0.235 e. The first-order valence-electron chi connectivity index (χ1n) is 1.29. The van der Waals surface area contributed by atoms with E-state index in [1.165, 1.54) is 0 Å². The molecular formula is C2H2I2Si. The van der Waals surface area contributed by atoms with E-state index >= 15 is 0 Å². The van der Waals surface area contributed by atoms with E-state index in [1.807, 2.05) is 0 Å². The normalized spacial score (nSPS) is 26.8. The van der Waals surface area contributed by atoms with Gasteiger partial charge >= 0.3 is 0 Å². The van der Waals surface area contributed by atoms with Crippen LogP contribution in [0.25, 0.3) is 0 Å². The molecular weight excluding hydrogens is 306 g/mol. The van der Waals surface area contributed by atoms with Gasteiger partial charge in [-0.1, -0.05) is 55.0 Å². The predicted molar refractivity (Wildman–Crippen MR) is 42.9 cm³/mol. The molecule has 0 aromatic carbocycles. The Morgan fingerprint density at radius 1 is 1.20 bits per heavy atom. The van der Waals surface area contributed by atoms with E-state index in [4.69, 9.17) is 0 Å². The Kier molecular flexibility index (Phi) is 1.09. The van der Waals surface area contributed by atoms with E-state index in [2.05, 4.69) is 55.0 Å². The molecule has 1 heterocycles. The zero-order chi connectivity index (χ0) is 3.91. The minimum Gasteiger partial charge on any atom is -0.0936 e. The first-order chi connectivity index (χ1) is 2.21. The number of rotatable bonds is 0. The van der Waals surface area contributed by atoms with Gasteiger partial charge in [0, 0.05) is 0 Å². The van der Waals surface area contributed by atoms with Crippen molar-refractivity contribution in [2.45, 2.75) is 0 Å². The molecule has 1 rings (SSSR count). The van der Waals surface area contributed by atoms with Crippen molar-refractivity contribution in [2.75, 3.05) is 0 Å². The van der Waals surface area contributed by atoms with Gasteiger partial charge in [0.1, 0.15) is 0 Å². The maximum Gasteiger partial charge on any atom is 0.235 e.